The molecule has 2 aromatic carbocycles. The third kappa shape index (κ3) is 7.14. The second-order valence-electron chi connectivity index (χ2n) is 7.69. The van der Waals surface area contributed by atoms with Crippen molar-refractivity contribution in [2.45, 2.75) is 45.4 Å². The van der Waals surface area contributed by atoms with E-state index in [0.29, 0.717) is 37.2 Å². The van der Waals surface area contributed by atoms with Crippen LogP contribution in [0, 0.1) is 0 Å². The van der Waals surface area contributed by atoms with Crippen LogP contribution in [0.1, 0.15) is 48.4 Å². The number of alkyl halides is 3. The molecule has 1 aliphatic rings. The second kappa shape index (κ2) is 11.1. The zero-order valence-electron chi connectivity index (χ0n) is 18.5. The first-order valence-corrected chi connectivity index (χ1v) is 10.9. The lowest BCUT2D eigenvalue weighted by atomic mass is 9.97. The molecule has 0 heterocycles. The zero-order chi connectivity index (χ0) is 23.8. The van der Waals surface area contributed by atoms with Crippen LogP contribution in [-0.2, 0) is 22.4 Å². The van der Waals surface area contributed by atoms with Gasteiger partial charge in [0.1, 0.15) is 11.5 Å². The van der Waals surface area contributed by atoms with Crippen LogP contribution in [0.3, 0.4) is 0 Å². The van der Waals surface area contributed by atoms with E-state index in [1.165, 1.54) is 6.07 Å². The average Bonchev–Trinajstić information content (AvgIpc) is 2.99. The molecule has 0 aliphatic heterocycles. The molecule has 0 unspecified atom stereocenters. The Morgan fingerprint density at radius 1 is 1.12 bits per heavy atom. The quantitative estimate of drug-likeness (QED) is 0.243. The molecule has 0 saturated carbocycles. The fraction of sp³-hybridized carbons (Fsp3) is 0.346. The van der Waals surface area contributed by atoms with E-state index in [9.17, 15) is 18.0 Å². The molecule has 2 aromatic rings. The molecular weight excluding hydrogens is 433 g/mol. The molecule has 3 rings (SSSR count). The van der Waals surface area contributed by atoms with E-state index in [0.717, 1.165) is 41.2 Å². The molecule has 33 heavy (non-hydrogen) atoms. The second-order valence-corrected chi connectivity index (χ2v) is 7.69. The highest BCUT2D eigenvalue weighted by atomic mass is 19.4. The van der Waals surface area contributed by atoms with E-state index in [2.05, 4.69) is 11.3 Å². The molecule has 7 heteroatoms. The van der Waals surface area contributed by atoms with Gasteiger partial charge in [-0.05, 0) is 72.2 Å². The summed E-state index contributed by atoms with van der Waals surface area (Å²) in [5.74, 6) is -0.00930. The van der Waals surface area contributed by atoms with Crippen molar-refractivity contribution in [2.75, 3.05) is 13.2 Å². The first-order valence-electron chi connectivity index (χ1n) is 10.9. The SMILES string of the molecule is C=CC(=O)OCCCOc1ccc2c(c1)C=C(c1cc(CC)ccc1OC(F)(F)F)CCC2. The molecule has 1 aliphatic carbocycles. The Bertz CT molecular complexity index is 1020. The highest BCUT2D eigenvalue weighted by Gasteiger charge is 2.32. The monoisotopic (exact) mass is 460 g/mol. The highest BCUT2D eigenvalue weighted by molar-refractivity contribution is 5.86. The summed E-state index contributed by atoms with van der Waals surface area (Å²) in [7, 11) is 0. The summed E-state index contributed by atoms with van der Waals surface area (Å²) < 4.78 is 54.0. The number of fused-ring (bicyclic) bond motifs is 1. The van der Waals surface area contributed by atoms with E-state index in [4.69, 9.17) is 9.47 Å². The Morgan fingerprint density at radius 3 is 2.67 bits per heavy atom. The smallest absolute Gasteiger partial charge is 0.493 e. The number of carbonyl (C=O) groups excluding carboxylic acids is 1. The van der Waals surface area contributed by atoms with Gasteiger partial charge in [-0.3, -0.25) is 0 Å². The number of hydrogen-bond acceptors (Lipinski definition) is 4. The predicted octanol–water partition coefficient (Wildman–Crippen LogP) is 6.52. The Balaban J connectivity index is 1.82. The van der Waals surface area contributed by atoms with Gasteiger partial charge in [0.25, 0.3) is 0 Å². The lowest BCUT2D eigenvalue weighted by molar-refractivity contribution is -0.274. The van der Waals surface area contributed by atoms with Gasteiger partial charge < -0.3 is 14.2 Å². The van der Waals surface area contributed by atoms with Crippen molar-refractivity contribution in [3.8, 4) is 11.5 Å². The minimum Gasteiger partial charge on any atom is -0.493 e. The van der Waals surface area contributed by atoms with Crippen LogP contribution < -0.4 is 9.47 Å². The summed E-state index contributed by atoms with van der Waals surface area (Å²) in [6, 6.07) is 10.6. The topological polar surface area (TPSA) is 44.8 Å². The zero-order valence-corrected chi connectivity index (χ0v) is 18.5. The Morgan fingerprint density at radius 2 is 1.94 bits per heavy atom. The summed E-state index contributed by atoms with van der Waals surface area (Å²) in [6.45, 7) is 5.90. The van der Waals surface area contributed by atoms with Crippen molar-refractivity contribution in [3.05, 3.63) is 71.3 Å². The molecule has 0 atom stereocenters. The lowest BCUT2D eigenvalue weighted by Gasteiger charge is -2.16. The van der Waals surface area contributed by atoms with Crippen molar-refractivity contribution < 1.29 is 32.2 Å². The molecule has 0 aromatic heterocycles. The van der Waals surface area contributed by atoms with Crippen LogP contribution in [0.25, 0.3) is 11.6 Å². The van der Waals surface area contributed by atoms with Crippen LogP contribution in [0.4, 0.5) is 13.2 Å². The normalized spacial score (nSPS) is 13.4. The number of allylic oxidation sites excluding steroid dienone is 1. The van der Waals surface area contributed by atoms with Crippen molar-refractivity contribution in [1.82, 2.24) is 0 Å². The Kier molecular flexibility index (Phi) is 8.20. The minimum atomic E-state index is -4.76. The van der Waals surface area contributed by atoms with Gasteiger partial charge in [-0.25, -0.2) is 4.79 Å². The van der Waals surface area contributed by atoms with Crippen LogP contribution in [0.15, 0.2) is 49.1 Å². The Hall–Kier alpha value is -3.22. The molecule has 4 nitrogen and oxygen atoms in total. The number of aryl methyl sites for hydroxylation is 2. The molecule has 0 spiro atoms. The third-order valence-electron chi connectivity index (χ3n) is 5.33. The number of rotatable bonds is 9. The lowest BCUT2D eigenvalue weighted by Crippen LogP contribution is -2.18. The van der Waals surface area contributed by atoms with Crippen molar-refractivity contribution in [1.29, 1.82) is 0 Å². The minimum absolute atomic E-state index is 0.184. The van der Waals surface area contributed by atoms with Crippen molar-refractivity contribution in [3.63, 3.8) is 0 Å². The summed E-state index contributed by atoms with van der Waals surface area (Å²) in [4.78, 5) is 11.1. The number of carbonyl (C=O) groups is 1. The van der Waals surface area contributed by atoms with Gasteiger partial charge in [0.05, 0.1) is 13.2 Å². The van der Waals surface area contributed by atoms with Crippen LogP contribution >= 0.6 is 0 Å². The van der Waals surface area contributed by atoms with Gasteiger partial charge in [-0.2, -0.15) is 0 Å². The summed E-state index contributed by atoms with van der Waals surface area (Å²) in [5, 5.41) is 0. The molecular formula is C26H27F3O4. The maximum atomic E-state index is 13.0. The van der Waals surface area contributed by atoms with Crippen LogP contribution in [-0.4, -0.2) is 25.5 Å². The molecule has 0 N–H and O–H groups in total. The van der Waals surface area contributed by atoms with Gasteiger partial charge in [-0.15, -0.1) is 13.2 Å². The highest BCUT2D eigenvalue weighted by Crippen LogP contribution is 2.38. The van der Waals surface area contributed by atoms with E-state index in [1.54, 1.807) is 12.1 Å². The van der Waals surface area contributed by atoms with Crippen molar-refractivity contribution in [2.24, 2.45) is 0 Å². The summed E-state index contributed by atoms with van der Waals surface area (Å²) in [6.07, 6.45) is 1.79. The average molecular weight is 460 g/mol. The van der Waals surface area contributed by atoms with Crippen LogP contribution in [0.2, 0.25) is 0 Å². The Labute approximate surface area is 191 Å². The van der Waals surface area contributed by atoms with E-state index >= 15 is 0 Å². The number of benzene rings is 2. The van der Waals surface area contributed by atoms with Gasteiger partial charge >= 0.3 is 12.3 Å². The predicted molar refractivity (Wildman–Crippen MR) is 121 cm³/mol. The van der Waals surface area contributed by atoms with E-state index in [-0.39, 0.29) is 12.4 Å². The summed E-state index contributed by atoms with van der Waals surface area (Å²) >= 11 is 0. The number of halogens is 3. The fourth-order valence-corrected chi connectivity index (χ4v) is 3.71. The fourth-order valence-electron chi connectivity index (χ4n) is 3.71. The number of hydrogen-bond donors (Lipinski definition) is 0. The number of esters is 1. The number of ether oxygens (including phenoxy) is 3. The van der Waals surface area contributed by atoms with Gasteiger partial charge in [0.15, 0.2) is 0 Å². The molecule has 0 radical (unpaired) electrons. The molecule has 0 amide bonds. The first-order chi connectivity index (χ1) is 15.8. The molecule has 0 bridgehead atoms. The van der Waals surface area contributed by atoms with Gasteiger partial charge in [0.2, 0.25) is 0 Å². The molecule has 0 saturated heterocycles. The standard InChI is InChI=1S/C26H27F3O4/c1-3-18-9-12-24(33-26(27,28)29)23(15-18)20-8-5-7-19-10-11-22(17-21(19)16-20)31-13-6-14-32-25(30)4-2/h4,9-12,15-17H,2-3,5-8,13-14H2,1H3. The maximum absolute atomic E-state index is 13.0. The molecule has 176 valence electrons. The van der Waals surface area contributed by atoms with Crippen molar-refractivity contribution >= 4 is 17.6 Å². The molecule has 0 fully saturated rings. The van der Waals surface area contributed by atoms with E-state index in [1.807, 2.05) is 31.2 Å². The van der Waals surface area contributed by atoms with Gasteiger partial charge in [0, 0.05) is 18.1 Å². The van der Waals surface area contributed by atoms with Crippen LogP contribution in [0.5, 0.6) is 11.5 Å². The van der Waals surface area contributed by atoms with Gasteiger partial charge in [-0.1, -0.05) is 31.7 Å². The maximum Gasteiger partial charge on any atom is 0.573 e. The summed E-state index contributed by atoms with van der Waals surface area (Å²) in [5.41, 5.74) is 4.24. The largest absolute Gasteiger partial charge is 0.573 e. The first kappa shape index (κ1) is 24.4. The van der Waals surface area contributed by atoms with E-state index < -0.39 is 12.3 Å². The third-order valence-corrected chi connectivity index (χ3v) is 5.33.